The van der Waals surface area contributed by atoms with Crippen molar-refractivity contribution in [3.8, 4) is 0 Å². The van der Waals surface area contributed by atoms with E-state index in [1.165, 1.54) is 4.90 Å². The van der Waals surface area contributed by atoms with Crippen LogP contribution in [0.15, 0.2) is 0 Å². The molecule has 0 aliphatic carbocycles. The molecule has 2 rings (SSSR count). The average Bonchev–Trinajstić information content (AvgIpc) is 2.80. The van der Waals surface area contributed by atoms with Crippen LogP contribution in [-0.4, -0.2) is 53.1 Å². The minimum Gasteiger partial charge on any atom is -0.377 e. The van der Waals surface area contributed by atoms with E-state index in [-0.39, 0.29) is 18.0 Å². The van der Waals surface area contributed by atoms with Crippen LogP contribution in [0.1, 0.15) is 20.3 Å². The maximum absolute atomic E-state index is 12.2. The first-order chi connectivity index (χ1) is 8.05. The fraction of sp³-hybridized carbons (Fsp3) is 0.818. The molecular weight excluding hydrogens is 240 g/mol. The lowest BCUT2D eigenvalue weighted by Gasteiger charge is -2.19. The maximum Gasteiger partial charge on any atom is 0.325 e. The van der Waals surface area contributed by atoms with E-state index in [4.69, 9.17) is 4.74 Å². The van der Waals surface area contributed by atoms with Crippen molar-refractivity contribution in [1.82, 2.24) is 10.2 Å². The van der Waals surface area contributed by atoms with Crippen molar-refractivity contribution in [3.63, 3.8) is 0 Å². The van der Waals surface area contributed by atoms with Gasteiger partial charge in [0.25, 0.3) is 5.91 Å². The Morgan fingerprint density at radius 3 is 2.88 bits per heavy atom. The van der Waals surface area contributed by atoms with Crippen molar-refractivity contribution in [3.05, 3.63) is 0 Å². The summed E-state index contributed by atoms with van der Waals surface area (Å²) in [6.07, 6.45) is 0.857. The first-order valence-electron chi connectivity index (χ1n) is 5.89. The highest BCUT2D eigenvalue weighted by molar-refractivity contribution is 7.99. The first kappa shape index (κ1) is 12.7. The number of carbonyl (C=O) groups is 2. The van der Waals surface area contributed by atoms with Gasteiger partial charge < -0.3 is 10.1 Å². The Labute approximate surface area is 105 Å². The van der Waals surface area contributed by atoms with E-state index in [9.17, 15) is 9.59 Å². The van der Waals surface area contributed by atoms with Crippen molar-refractivity contribution in [2.45, 2.75) is 31.9 Å². The lowest BCUT2D eigenvalue weighted by molar-refractivity contribution is -0.131. The first-order valence-corrected chi connectivity index (χ1v) is 7.04. The van der Waals surface area contributed by atoms with E-state index in [1.807, 2.05) is 13.8 Å². The van der Waals surface area contributed by atoms with E-state index >= 15 is 0 Å². The molecule has 1 atom stereocenters. The molecule has 17 heavy (non-hydrogen) atoms. The molecule has 1 spiro atoms. The Morgan fingerprint density at radius 1 is 1.53 bits per heavy atom. The number of hydrogen-bond donors (Lipinski definition) is 1. The Kier molecular flexibility index (Phi) is 3.63. The van der Waals surface area contributed by atoms with Crippen molar-refractivity contribution in [2.75, 3.05) is 24.7 Å². The molecule has 2 aliphatic rings. The predicted molar refractivity (Wildman–Crippen MR) is 66.0 cm³/mol. The second kappa shape index (κ2) is 4.86. The topological polar surface area (TPSA) is 58.6 Å². The zero-order valence-electron chi connectivity index (χ0n) is 10.2. The molecule has 2 aliphatic heterocycles. The number of nitrogens with zero attached hydrogens (tertiary/aromatic N) is 1. The van der Waals surface area contributed by atoms with E-state index in [0.29, 0.717) is 18.9 Å². The third kappa shape index (κ3) is 2.42. The number of amides is 3. The third-order valence-electron chi connectivity index (χ3n) is 3.03. The summed E-state index contributed by atoms with van der Waals surface area (Å²) < 4.78 is 5.37. The largest absolute Gasteiger partial charge is 0.377 e. The van der Waals surface area contributed by atoms with Gasteiger partial charge in [-0.2, -0.15) is 11.8 Å². The lowest BCUT2D eigenvalue weighted by Crippen LogP contribution is -2.47. The van der Waals surface area contributed by atoms with Crippen LogP contribution in [0.3, 0.4) is 0 Å². The Morgan fingerprint density at radius 2 is 2.29 bits per heavy atom. The zero-order valence-corrected chi connectivity index (χ0v) is 11.0. The van der Waals surface area contributed by atoms with Crippen molar-refractivity contribution >= 4 is 23.7 Å². The molecule has 2 saturated heterocycles. The lowest BCUT2D eigenvalue weighted by atomic mass is 9.99. The normalized spacial score (nSPS) is 28.5. The summed E-state index contributed by atoms with van der Waals surface area (Å²) in [4.78, 5) is 25.2. The molecule has 6 heteroatoms. The van der Waals surface area contributed by atoms with Crippen LogP contribution in [-0.2, 0) is 9.53 Å². The Balaban J connectivity index is 1.94. The number of thioether (sulfide) groups is 1. The molecule has 0 bridgehead atoms. The van der Waals surface area contributed by atoms with Gasteiger partial charge in [0.15, 0.2) is 0 Å². The van der Waals surface area contributed by atoms with Crippen molar-refractivity contribution < 1.29 is 14.3 Å². The average molecular weight is 258 g/mol. The van der Waals surface area contributed by atoms with Gasteiger partial charge in [-0.25, -0.2) is 4.79 Å². The quantitative estimate of drug-likeness (QED) is 0.759. The second-order valence-corrected chi connectivity index (χ2v) is 5.80. The van der Waals surface area contributed by atoms with Crippen LogP contribution in [0.5, 0.6) is 0 Å². The predicted octanol–water partition coefficient (Wildman–Crippen LogP) is 0.839. The van der Waals surface area contributed by atoms with Crippen LogP contribution in [0.2, 0.25) is 0 Å². The van der Waals surface area contributed by atoms with Gasteiger partial charge in [0.05, 0.1) is 19.3 Å². The molecular formula is C11H18N2O3S. The molecule has 0 aromatic carbocycles. The SMILES string of the molecule is CC(C)OCCN1C(=O)N[C@@]2(CCSC2)C1=O. The van der Waals surface area contributed by atoms with Crippen LogP contribution >= 0.6 is 11.8 Å². The molecule has 0 aromatic rings. The molecule has 1 N–H and O–H groups in total. The number of carbonyl (C=O) groups excluding carboxylic acids is 2. The van der Waals surface area contributed by atoms with Gasteiger partial charge in [-0.3, -0.25) is 9.69 Å². The Hall–Kier alpha value is -0.750. The van der Waals surface area contributed by atoms with Gasteiger partial charge in [-0.15, -0.1) is 0 Å². The standard InChI is InChI=1S/C11H18N2O3S/c1-8(2)16-5-4-13-9(14)11(12-10(13)15)3-6-17-7-11/h8H,3-7H2,1-2H3,(H,12,15)/t11-/m1/s1. The van der Waals surface area contributed by atoms with E-state index in [2.05, 4.69) is 5.32 Å². The van der Waals surface area contributed by atoms with Crippen molar-refractivity contribution in [2.24, 2.45) is 0 Å². The van der Waals surface area contributed by atoms with Crippen molar-refractivity contribution in [1.29, 1.82) is 0 Å². The van der Waals surface area contributed by atoms with Gasteiger partial charge >= 0.3 is 6.03 Å². The fourth-order valence-electron chi connectivity index (χ4n) is 2.09. The molecule has 5 nitrogen and oxygen atoms in total. The van der Waals surface area contributed by atoms with Gasteiger partial charge in [-0.05, 0) is 26.0 Å². The summed E-state index contributed by atoms with van der Waals surface area (Å²) in [5.41, 5.74) is -0.625. The molecule has 96 valence electrons. The van der Waals surface area contributed by atoms with Gasteiger partial charge in [-0.1, -0.05) is 0 Å². The summed E-state index contributed by atoms with van der Waals surface area (Å²) in [6.45, 7) is 4.61. The molecule has 0 radical (unpaired) electrons. The smallest absolute Gasteiger partial charge is 0.325 e. The van der Waals surface area contributed by atoms with E-state index in [1.54, 1.807) is 11.8 Å². The monoisotopic (exact) mass is 258 g/mol. The summed E-state index contributed by atoms with van der Waals surface area (Å²) in [6, 6.07) is -0.273. The summed E-state index contributed by atoms with van der Waals surface area (Å²) in [5.74, 6) is 1.54. The van der Waals surface area contributed by atoms with Gasteiger partial charge in [0.2, 0.25) is 0 Å². The summed E-state index contributed by atoms with van der Waals surface area (Å²) in [5, 5.41) is 2.83. The fourth-order valence-corrected chi connectivity index (χ4v) is 3.42. The van der Waals surface area contributed by atoms with Gasteiger partial charge in [0, 0.05) is 5.75 Å². The number of urea groups is 1. The molecule has 0 unspecified atom stereocenters. The molecule has 0 saturated carbocycles. The number of ether oxygens (including phenoxy) is 1. The molecule has 2 fully saturated rings. The molecule has 3 amide bonds. The minimum atomic E-state index is -0.625. The van der Waals surface area contributed by atoms with Crippen LogP contribution in [0, 0.1) is 0 Å². The highest BCUT2D eigenvalue weighted by Gasteiger charge is 2.52. The molecule has 0 aromatic heterocycles. The summed E-state index contributed by atoms with van der Waals surface area (Å²) in [7, 11) is 0. The minimum absolute atomic E-state index is 0.0835. The highest BCUT2D eigenvalue weighted by Crippen LogP contribution is 2.33. The number of rotatable bonds is 4. The number of hydrogen-bond acceptors (Lipinski definition) is 4. The van der Waals surface area contributed by atoms with Crippen LogP contribution < -0.4 is 5.32 Å². The second-order valence-electron chi connectivity index (χ2n) is 4.69. The maximum atomic E-state index is 12.2. The molecule has 2 heterocycles. The summed E-state index contributed by atoms with van der Waals surface area (Å²) >= 11 is 1.71. The van der Waals surface area contributed by atoms with Crippen LogP contribution in [0.25, 0.3) is 0 Å². The van der Waals surface area contributed by atoms with Gasteiger partial charge in [0.1, 0.15) is 5.54 Å². The zero-order chi connectivity index (χ0) is 12.5. The van der Waals surface area contributed by atoms with E-state index in [0.717, 1.165) is 12.2 Å². The number of nitrogens with one attached hydrogen (secondary N) is 1. The van der Waals surface area contributed by atoms with Crippen LogP contribution in [0.4, 0.5) is 4.79 Å². The Bertz CT molecular complexity index is 327. The van der Waals surface area contributed by atoms with E-state index < -0.39 is 5.54 Å². The number of imide groups is 1. The third-order valence-corrected chi connectivity index (χ3v) is 4.22. The highest BCUT2D eigenvalue weighted by atomic mass is 32.2.